The van der Waals surface area contributed by atoms with Crippen LogP contribution in [-0.4, -0.2) is 0 Å². The third-order valence-electron chi connectivity index (χ3n) is 1.91. The Bertz CT molecular complexity index is 227. The molecule has 1 aromatic heterocycles. The van der Waals surface area contributed by atoms with E-state index < -0.39 is 0 Å². The highest BCUT2D eigenvalue weighted by Gasteiger charge is 2.02. The van der Waals surface area contributed by atoms with E-state index in [4.69, 9.17) is 5.73 Å². The average Bonchev–Trinajstić information content (AvgIpc) is 2.48. The van der Waals surface area contributed by atoms with Crippen LogP contribution >= 0.6 is 11.3 Å². The molecule has 12 heavy (non-hydrogen) atoms. The normalized spacial score (nSPS) is 13.2. The Balaban J connectivity index is 2.52. The molecule has 0 saturated heterocycles. The van der Waals surface area contributed by atoms with Gasteiger partial charge in [-0.05, 0) is 31.9 Å². The lowest BCUT2D eigenvalue weighted by atomic mass is 10.2. The van der Waals surface area contributed by atoms with Gasteiger partial charge in [0, 0.05) is 15.8 Å². The number of nitrogens with two attached hydrogens (primary N) is 1. The maximum Gasteiger partial charge on any atom is 0.0361 e. The van der Waals surface area contributed by atoms with Crippen LogP contribution in [0.15, 0.2) is 12.1 Å². The fourth-order valence-corrected chi connectivity index (χ4v) is 2.13. The first-order chi connectivity index (χ1) is 5.74. The highest BCUT2D eigenvalue weighted by molar-refractivity contribution is 7.12. The molecule has 0 bridgehead atoms. The zero-order valence-corrected chi connectivity index (χ0v) is 8.66. The van der Waals surface area contributed by atoms with E-state index in [1.54, 1.807) is 0 Å². The average molecular weight is 183 g/mol. The predicted molar refractivity (Wildman–Crippen MR) is 55.5 cm³/mol. The van der Waals surface area contributed by atoms with Crippen LogP contribution in [0.25, 0.3) is 0 Å². The summed E-state index contributed by atoms with van der Waals surface area (Å²) in [5, 5.41) is 0. The van der Waals surface area contributed by atoms with Crippen molar-refractivity contribution in [2.24, 2.45) is 5.73 Å². The second-order valence-electron chi connectivity index (χ2n) is 3.20. The second kappa shape index (κ2) is 4.63. The first-order valence-electron chi connectivity index (χ1n) is 4.58. The second-order valence-corrected chi connectivity index (χ2v) is 4.40. The Hall–Kier alpha value is -0.340. The molecule has 0 saturated carbocycles. The van der Waals surface area contributed by atoms with Crippen LogP contribution in [0.4, 0.5) is 0 Å². The summed E-state index contributed by atoms with van der Waals surface area (Å²) in [7, 11) is 0. The predicted octanol–water partition coefficient (Wildman–Crippen LogP) is 3.11. The van der Waals surface area contributed by atoms with Gasteiger partial charge in [-0.1, -0.05) is 13.3 Å². The highest BCUT2D eigenvalue weighted by atomic mass is 32.1. The molecule has 0 aliphatic heterocycles. The Labute approximate surface area is 78.6 Å². The zero-order chi connectivity index (χ0) is 8.97. The SMILES string of the molecule is CCCCc1ccc([C@@H](C)N)s1. The lowest BCUT2D eigenvalue weighted by molar-refractivity contribution is 0.804. The van der Waals surface area contributed by atoms with Gasteiger partial charge in [0.05, 0.1) is 0 Å². The van der Waals surface area contributed by atoms with Gasteiger partial charge in [0.25, 0.3) is 0 Å². The first-order valence-corrected chi connectivity index (χ1v) is 5.40. The summed E-state index contributed by atoms with van der Waals surface area (Å²) >= 11 is 1.86. The van der Waals surface area contributed by atoms with Gasteiger partial charge in [0.1, 0.15) is 0 Å². The minimum Gasteiger partial charge on any atom is -0.324 e. The number of thiophene rings is 1. The number of hydrogen-bond donors (Lipinski definition) is 1. The van der Waals surface area contributed by atoms with E-state index in [2.05, 4.69) is 19.1 Å². The summed E-state index contributed by atoms with van der Waals surface area (Å²) in [4.78, 5) is 2.78. The van der Waals surface area contributed by atoms with Gasteiger partial charge in [-0.15, -0.1) is 11.3 Å². The minimum atomic E-state index is 0.199. The van der Waals surface area contributed by atoms with Crippen molar-refractivity contribution in [2.45, 2.75) is 39.2 Å². The monoisotopic (exact) mass is 183 g/mol. The van der Waals surface area contributed by atoms with Gasteiger partial charge in [-0.2, -0.15) is 0 Å². The van der Waals surface area contributed by atoms with Crippen molar-refractivity contribution in [3.8, 4) is 0 Å². The van der Waals surface area contributed by atoms with E-state index in [1.807, 2.05) is 18.3 Å². The number of aryl methyl sites for hydroxylation is 1. The standard InChI is InChI=1S/C10H17NS/c1-3-4-5-9-6-7-10(12-9)8(2)11/h6-8H,3-5,11H2,1-2H3/t8-/m1/s1. The van der Waals surface area contributed by atoms with Crippen molar-refractivity contribution in [3.63, 3.8) is 0 Å². The minimum absolute atomic E-state index is 0.199. The van der Waals surface area contributed by atoms with E-state index >= 15 is 0 Å². The lowest BCUT2D eigenvalue weighted by Crippen LogP contribution is -2.01. The van der Waals surface area contributed by atoms with E-state index in [9.17, 15) is 0 Å². The van der Waals surface area contributed by atoms with Crippen LogP contribution < -0.4 is 5.73 Å². The van der Waals surface area contributed by atoms with Crippen LogP contribution in [0, 0.1) is 0 Å². The maximum absolute atomic E-state index is 5.77. The highest BCUT2D eigenvalue weighted by Crippen LogP contribution is 2.22. The molecule has 0 fully saturated rings. The van der Waals surface area contributed by atoms with Gasteiger partial charge in [-0.25, -0.2) is 0 Å². The van der Waals surface area contributed by atoms with Crippen LogP contribution in [0.1, 0.15) is 42.5 Å². The largest absolute Gasteiger partial charge is 0.324 e. The Kier molecular flexibility index (Phi) is 3.76. The number of rotatable bonds is 4. The third-order valence-corrected chi connectivity index (χ3v) is 3.25. The summed E-state index contributed by atoms with van der Waals surface area (Å²) in [6.45, 7) is 4.26. The lowest BCUT2D eigenvalue weighted by Gasteiger charge is -1.98. The van der Waals surface area contributed by atoms with Crippen molar-refractivity contribution in [2.75, 3.05) is 0 Å². The summed E-state index contributed by atoms with van der Waals surface area (Å²) in [5.41, 5.74) is 5.77. The van der Waals surface area contributed by atoms with E-state index in [1.165, 1.54) is 29.0 Å². The van der Waals surface area contributed by atoms with Gasteiger partial charge in [0.2, 0.25) is 0 Å². The molecule has 0 radical (unpaired) electrons. The number of hydrogen-bond acceptors (Lipinski definition) is 2. The summed E-state index contributed by atoms with van der Waals surface area (Å²) in [6, 6.07) is 4.56. The van der Waals surface area contributed by atoms with Gasteiger partial charge in [0.15, 0.2) is 0 Å². The molecule has 68 valence electrons. The van der Waals surface area contributed by atoms with Gasteiger partial charge >= 0.3 is 0 Å². The number of unbranched alkanes of at least 4 members (excludes halogenated alkanes) is 1. The van der Waals surface area contributed by atoms with Crippen LogP contribution in [0.3, 0.4) is 0 Å². The Morgan fingerprint density at radius 1 is 1.50 bits per heavy atom. The van der Waals surface area contributed by atoms with Crippen molar-refractivity contribution >= 4 is 11.3 Å². The van der Waals surface area contributed by atoms with Crippen molar-refractivity contribution in [3.05, 3.63) is 21.9 Å². The van der Waals surface area contributed by atoms with Crippen LogP contribution in [0.5, 0.6) is 0 Å². The van der Waals surface area contributed by atoms with Crippen LogP contribution in [-0.2, 0) is 6.42 Å². The molecule has 1 nitrogen and oxygen atoms in total. The molecule has 2 N–H and O–H groups in total. The van der Waals surface area contributed by atoms with Crippen molar-refractivity contribution in [1.82, 2.24) is 0 Å². The summed E-state index contributed by atoms with van der Waals surface area (Å²) in [6.07, 6.45) is 3.78. The quantitative estimate of drug-likeness (QED) is 0.762. The van der Waals surface area contributed by atoms with E-state index in [0.29, 0.717) is 0 Å². The fourth-order valence-electron chi connectivity index (χ4n) is 1.12. The van der Waals surface area contributed by atoms with E-state index in [-0.39, 0.29) is 6.04 Å². The molecule has 0 unspecified atom stereocenters. The van der Waals surface area contributed by atoms with E-state index in [0.717, 1.165) is 0 Å². The molecule has 0 aliphatic rings. The van der Waals surface area contributed by atoms with Crippen LogP contribution in [0.2, 0.25) is 0 Å². The maximum atomic E-state index is 5.77. The van der Waals surface area contributed by atoms with Crippen molar-refractivity contribution < 1.29 is 0 Å². The molecule has 1 atom stereocenters. The molecule has 2 heteroatoms. The molecule has 1 heterocycles. The topological polar surface area (TPSA) is 26.0 Å². The molecular formula is C10H17NS. The zero-order valence-electron chi connectivity index (χ0n) is 7.84. The molecule has 0 amide bonds. The van der Waals surface area contributed by atoms with Crippen molar-refractivity contribution in [1.29, 1.82) is 0 Å². The van der Waals surface area contributed by atoms with Gasteiger partial charge < -0.3 is 5.73 Å². The molecule has 1 aromatic rings. The Morgan fingerprint density at radius 3 is 2.75 bits per heavy atom. The summed E-state index contributed by atoms with van der Waals surface area (Å²) < 4.78 is 0. The van der Waals surface area contributed by atoms with Gasteiger partial charge in [-0.3, -0.25) is 0 Å². The summed E-state index contributed by atoms with van der Waals surface area (Å²) in [5.74, 6) is 0. The first kappa shape index (κ1) is 9.75. The molecule has 1 rings (SSSR count). The Morgan fingerprint density at radius 2 is 2.25 bits per heavy atom. The fraction of sp³-hybridized carbons (Fsp3) is 0.600. The molecular weight excluding hydrogens is 166 g/mol. The molecule has 0 spiro atoms. The third kappa shape index (κ3) is 2.61. The molecule has 0 aromatic carbocycles. The smallest absolute Gasteiger partial charge is 0.0361 e. The molecule has 0 aliphatic carbocycles.